The third-order valence-corrected chi connectivity index (χ3v) is 4.64. The highest BCUT2D eigenvalue weighted by Crippen LogP contribution is 2.36. The molecule has 1 heterocycles. The molecule has 3 aromatic carbocycles. The second-order valence-electron chi connectivity index (χ2n) is 6.25. The van der Waals surface area contributed by atoms with E-state index in [1.807, 2.05) is 30.3 Å². The van der Waals surface area contributed by atoms with Crippen molar-refractivity contribution in [1.29, 1.82) is 0 Å². The standard InChI is InChI=1S/C22H19O2/c23-22-19(15-24-21-9-5-4-8-20(21)22)14-16-10-12-18(13-11-16)17-6-2-1-3-7-17/h1-4,6-13,19,22-23H,14-15H2/t19-,22+/m0/s1. The molecule has 0 aromatic heterocycles. The molecule has 1 aliphatic heterocycles. The lowest BCUT2D eigenvalue weighted by molar-refractivity contribution is 0.0508. The van der Waals surface area contributed by atoms with Crippen molar-refractivity contribution in [3.63, 3.8) is 0 Å². The van der Waals surface area contributed by atoms with Gasteiger partial charge >= 0.3 is 0 Å². The van der Waals surface area contributed by atoms with Crippen molar-refractivity contribution in [2.45, 2.75) is 12.5 Å². The van der Waals surface area contributed by atoms with Gasteiger partial charge in [-0.15, -0.1) is 0 Å². The van der Waals surface area contributed by atoms with E-state index in [1.54, 1.807) is 6.07 Å². The summed E-state index contributed by atoms with van der Waals surface area (Å²) in [6, 6.07) is 27.4. The highest BCUT2D eigenvalue weighted by atomic mass is 16.5. The van der Waals surface area contributed by atoms with Gasteiger partial charge in [-0.1, -0.05) is 66.7 Å². The number of fused-ring (bicyclic) bond motifs is 1. The Hall–Kier alpha value is -2.58. The first kappa shape index (κ1) is 15.0. The van der Waals surface area contributed by atoms with E-state index in [1.165, 1.54) is 16.7 Å². The van der Waals surface area contributed by atoms with E-state index in [2.05, 4.69) is 42.5 Å². The molecule has 4 rings (SSSR count). The van der Waals surface area contributed by atoms with Crippen LogP contribution in [0, 0.1) is 12.0 Å². The topological polar surface area (TPSA) is 29.5 Å². The first-order chi connectivity index (χ1) is 11.8. The minimum absolute atomic E-state index is 0.0717. The first-order valence-corrected chi connectivity index (χ1v) is 8.26. The van der Waals surface area contributed by atoms with Crippen molar-refractivity contribution in [3.05, 3.63) is 90.0 Å². The Morgan fingerprint density at radius 1 is 0.958 bits per heavy atom. The molecule has 0 spiro atoms. The van der Waals surface area contributed by atoms with E-state index in [9.17, 15) is 5.11 Å². The summed E-state index contributed by atoms with van der Waals surface area (Å²) in [5.41, 5.74) is 4.51. The van der Waals surface area contributed by atoms with E-state index >= 15 is 0 Å². The SMILES string of the molecule is O[C@H]1c2cc[c]cc2OC[C@@H]1Cc1ccc(-c2ccccc2)cc1. The Labute approximate surface area is 142 Å². The molecule has 24 heavy (non-hydrogen) atoms. The summed E-state index contributed by atoms with van der Waals surface area (Å²) in [7, 11) is 0. The molecule has 0 bridgehead atoms. The lowest BCUT2D eigenvalue weighted by Crippen LogP contribution is -2.27. The van der Waals surface area contributed by atoms with Crippen molar-refractivity contribution < 1.29 is 9.84 Å². The summed E-state index contributed by atoms with van der Waals surface area (Å²) in [5.74, 6) is 0.822. The number of aliphatic hydroxyl groups is 1. The molecule has 2 heteroatoms. The summed E-state index contributed by atoms with van der Waals surface area (Å²) < 4.78 is 5.78. The Morgan fingerprint density at radius 3 is 2.50 bits per heavy atom. The average Bonchev–Trinajstić information content (AvgIpc) is 2.66. The highest BCUT2D eigenvalue weighted by Gasteiger charge is 2.29. The van der Waals surface area contributed by atoms with Crippen LogP contribution in [-0.4, -0.2) is 11.7 Å². The summed E-state index contributed by atoms with van der Waals surface area (Å²) in [6.07, 6.45) is 0.311. The first-order valence-electron chi connectivity index (χ1n) is 8.26. The molecule has 0 saturated heterocycles. The van der Waals surface area contributed by atoms with Crippen LogP contribution in [0.25, 0.3) is 11.1 Å². The zero-order chi connectivity index (χ0) is 16.4. The summed E-state index contributed by atoms with van der Waals surface area (Å²) in [5, 5.41) is 10.6. The van der Waals surface area contributed by atoms with Gasteiger partial charge in [0.05, 0.1) is 12.7 Å². The average molecular weight is 315 g/mol. The largest absolute Gasteiger partial charge is 0.493 e. The predicted octanol–water partition coefficient (Wildman–Crippen LogP) is 4.44. The van der Waals surface area contributed by atoms with Crippen LogP contribution in [0.5, 0.6) is 5.75 Å². The van der Waals surface area contributed by atoms with Crippen LogP contribution in [0.15, 0.2) is 72.8 Å². The molecule has 1 radical (unpaired) electrons. The summed E-state index contributed by atoms with van der Waals surface area (Å²) in [6.45, 7) is 0.534. The molecule has 119 valence electrons. The van der Waals surface area contributed by atoms with Gasteiger partial charge in [-0.05, 0) is 35.2 Å². The minimum atomic E-state index is -0.489. The molecular formula is C22H19O2. The number of ether oxygens (including phenoxy) is 1. The van der Waals surface area contributed by atoms with Gasteiger partial charge in [-0.25, -0.2) is 0 Å². The second-order valence-corrected chi connectivity index (χ2v) is 6.25. The molecule has 0 amide bonds. The molecule has 0 saturated carbocycles. The molecule has 1 aliphatic rings. The molecule has 0 aliphatic carbocycles. The molecule has 2 atom stereocenters. The van der Waals surface area contributed by atoms with Gasteiger partial charge in [0, 0.05) is 11.5 Å². The number of aliphatic hydroxyl groups excluding tert-OH is 1. The number of hydrogen-bond acceptors (Lipinski definition) is 2. The fraction of sp³-hybridized carbons (Fsp3) is 0.182. The minimum Gasteiger partial charge on any atom is -0.493 e. The maximum Gasteiger partial charge on any atom is 0.125 e. The Balaban J connectivity index is 1.50. The van der Waals surface area contributed by atoms with Crippen LogP contribution in [0.2, 0.25) is 0 Å². The van der Waals surface area contributed by atoms with E-state index in [4.69, 9.17) is 4.74 Å². The fourth-order valence-corrected chi connectivity index (χ4v) is 3.28. The molecule has 0 fully saturated rings. The third-order valence-electron chi connectivity index (χ3n) is 4.64. The van der Waals surface area contributed by atoms with Gasteiger partial charge < -0.3 is 9.84 Å². The zero-order valence-corrected chi connectivity index (χ0v) is 13.4. The number of hydrogen-bond donors (Lipinski definition) is 1. The monoisotopic (exact) mass is 315 g/mol. The van der Waals surface area contributed by atoms with Crippen molar-refractivity contribution in [3.8, 4) is 16.9 Å². The summed E-state index contributed by atoms with van der Waals surface area (Å²) >= 11 is 0. The van der Waals surface area contributed by atoms with E-state index in [0.29, 0.717) is 6.61 Å². The Bertz CT molecular complexity index is 809. The van der Waals surface area contributed by atoms with E-state index in [0.717, 1.165) is 17.7 Å². The molecule has 2 nitrogen and oxygen atoms in total. The normalized spacial score (nSPS) is 19.4. The van der Waals surface area contributed by atoms with Gasteiger partial charge in [-0.3, -0.25) is 0 Å². The van der Waals surface area contributed by atoms with Crippen LogP contribution in [0.3, 0.4) is 0 Å². The quantitative estimate of drug-likeness (QED) is 0.774. The van der Waals surface area contributed by atoms with Crippen molar-refractivity contribution >= 4 is 0 Å². The number of rotatable bonds is 3. The maximum atomic E-state index is 10.6. The maximum absolute atomic E-state index is 10.6. The van der Waals surface area contributed by atoms with Crippen molar-refractivity contribution in [2.75, 3.05) is 6.61 Å². The van der Waals surface area contributed by atoms with Gasteiger partial charge in [0.25, 0.3) is 0 Å². The van der Waals surface area contributed by atoms with Gasteiger partial charge in [0.15, 0.2) is 0 Å². The van der Waals surface area contributed by atoms with Gasteiger partial charge in [0.2, 0.25) is 0 Å². The Morgan fingerprint density at radius 2 is 1.71 bits per heavy atom. The van der Waals surface area contributed by atoms with Crippen LogP contribution in [-0.2, 0) is 6.42 Å². The summed E-state index contributed by atoms with van der Waals surface area (Å²) in [4.78, 5) is 0. The lowest BCUT2D eigenvalue weighted by atomic mass is 9.88. The van der Waals surface area contributed by atoms with Crippen LogP contribution in [0.1, 0.15) is 17.2 Å². The zero-order valence-electron chi connectivity index (χ0n) is 13.4. The van der Waals surface area contributed by atoms with Crippen molar-refractivity contribution in [1.82, 2.24) is 0 Å². The lowest BCUT2D eigenvalue weighted by Gasteiger charge is -2.30. The van der Waals surface area contributed by atoms with Crippen molar-refractivity contribution in [2.24, 2.45) is 5.92 Å². The Kier molecular flexibility index (Phi) is 4.06. The molecule has 3 aromatic rings. The predicted molar refractivity (Wildman–Crippen MR) is 94.8 cm³/mol. The third kappa shape index (κ3) is 2.93. The molecule has 0 unspecified atom stereocenters. The second kappa shape index (κ2) is 6.50. The fourth-order valence-electron chi connectivity index (χ4n) is 3.28. The van der Waals surface area contributed by atoms with E-state index in [-0.39, 0.29) is 5.92 Å². The van der Waals surface area contributed by atoms with Gasteiger partial charge in [0.1, 0.15) is 5.75 Å². The van der Waals surface area contributed by atoms with Crippen LogP contribution >= 0.6 is 0 Å². The van der Waals surface area contributed by atoms with E-state index < -0.39 is 6.10 Å². The molecule has 1 N–H and O–H groups in total. The highest BCUT2D eigenvalue weighted by molar-refractivity contribution is 5.63. The van der Waals surface area contributed by atoms with Crippen LogP contribution < -0.4 is 4.74 Å². The van der Waals surface area contributed by atoms with Crippen LogP contribution in [0.4, 0.5) is 0 Å². The van der Waals surface area contributed by atoms with Gasteiger partial charge in [-0.2, -0.15) is 0 Å². The smallest absolute Gasteiger partial charge is 0.125 e. The molecular weight excluding hydrogens is 296 g/mol. The number of benzene rings is 3.